The van der Waals surface area contributed by atoms with Gasteiger partial charge >= 0.3 is 0 Å². The first-order valence-electron chi connectivity index (χ1n) is 10.7. The molecule has 4 rings (SSSR count). The van der Waals surface area contributed by atoms with Gasteiger partial charge in [0.2, 0.25) is 0 Å². The third-order valence-corrected chi connectivity index (χ3v) is 6.23. The molecule has 6 heteroatoms. The maximum absolute atomic E-state index is 12.5. The number of fused-ring (bicyclic) bond motifs is 1. The third kappa shape index (κ3) is 5.66. The quantitative estimate of drug-likeness (QED) is 0.539. The van der Waals surface area contributed by atoms with Crippen molar-refractivity contribution in [1.82, 2.24) is 10.2 Å². The van der Waals surface area contributed by atoms with E-state index in [-0.39, 0.29) is 18.6 Å². The fourth-order valence-electron chi connectivity index (χ4n) is 3.92. The molecule has 5 nitrogen and oxygen atoms in total. The number of hydrogen-bond acceptors (Lipinski definition) is 5. The van der Waals surface area contributed by atoms with Crippen molar-refractivity contribution >= 4 is 17.2 Å². The molecule has 0 radical (unpaired) electrons. The van der Waals surface area contributed by atoms with Crippen molar-refractivity contribution in [3.63, 3.8) is 0 Å². The summed E-state index contributed by atoms with van der Waals surface area (Å²) in [5, 5.41) is 7.34. The maximum atomic E-state index is 12.5. The van der Waals surface area contributed by atoms with Crippen molar-refractivity contribution in [3.8, 4) is 11.5 Å². The van der Waals surface area contributed by atoms with Gasteiger partial charge in [0.1, 0.15) is 11.5 Å². The maximum Gasteiger partial charge on any atom is 0.258 e. The van der Waals surface area contributed by atoms with Crippen LogP contribution < -0.4 is 14.8 Å². The predicted octanol–water partition coefficient (Wildman–Crippen LogP) is 4.44. The van der Waals surface area contributed by atoms with Crippen LogP contribution in [0.3, 0.4) is 0 Å². The summed E-state index contributed by atoms with van der Waals surface area (Å²) < 4.78 is 11.1. The second-order valence-electron chi connectivity index (χ2n) is 7.56. The fraction of sp³-hybridized carbons (Fsp3) is 0.320. The van der Waals surface area contributed by atoms with E-state index in [1.165, 1.54) is 16.7 Å². The first-order valence-corrected chi connectivity index (χ1v) is 11.6. The zero-order valence-electron chi connectivity index (χ0n) is 17.8. The molecule has 0 aliphatic carbocycles. The lowest BCUT2D eigenvalue weighted by Gasteiger charge is -2.35. The van der Waals surface area contributed by atoms with Crippen molar-refractivity contribution in [2.45, 2.75) is 25.9 Å². The highest BCUT2D eigenvalue weighted by molar-refractivity contribution is 7.08. The van der Waals surface area contributed by atoms with Gasteiger partial charge in [-0.2, -0.15) is 11.3 Å². The van der Waals surface area contributed by atoms with Crippen molar-refractivity contribution in [1.29, 1.82) is 0 Å². The number of nitrogens with one attached hydrogen (secondary N) is 1. The Hall–Kier alpha value is -2.83. The van der Waals surface area contributed by atoms with Crippen LogP contribution in [0, 0.1) is 0 Å². The van der Waals surface area contributed by atoms with Gasteiger partial charge in [-0.05, 0) is 71.1 Å². The van der Waals surface area contributed by atoms with Gasteiger partial charge in [-0.15, -0.1) is 0 Å². The average molecular weight is 437 g/mol. The number of carbonyl (C=O) groups is 1. The Morgan fingerprint density at radius 1 is 1.06 bits per heavy atom. The minimum absolute atomic E-state index is 0.00677. The van der Waals surface area contributed by atoms with Crippen LogP contribution in [0.25, 0.3) is 0 Å². The van der Waals surface area contributed by atoms with Gasteiger partial charge in [-0.1, -0.05) is 24.3 Å². The Kier molecular flexibility index (Phi) is 7.22. The molecule has 1 unspecified atom stereocenters. The number of ether oxygens (including phenoxy) is 2. The first kappa shape index (κ1) is 21.4. The second-order valence-corrected chi connectivity index (χ2v) is 8.34. The van der Waals surface area contributed by atoms with E-state index < -0.39 is 0 Å². The first-order chi connectivity index (χ1) is 15.2. The van der Waals surface area contributed by atoms with Crippen molar-refractivity contribution in [2.75, 3.05) is 26.3 Å². The van der Waals surface area contributed by atoms with Gasteiger partial charge in [-0.3, -0.25) is 9.69 Å². The molecule has 1 N–H and O–H groups in total. The smallest absolute Gasteiger partial charge is 0.258 e. The molecule has 162 valence electrons. The van der Waals surface area contributed by atoms with Gasteiger partial charge in [-0.25, -0.2) is 0 Å². The van der Waals surface area contributed by atoms with E-state index in [2.05, 4.69) is 51.3 Å². The normalized spacial score (nSPS) is 14.5. The highest BCUT2D eigenvalue weighted by Gasteiger charge is 2.25. The molecule has 1 aliphatic rings. The lowest BCUT2D eigenvalue weighted by molar-refractivity contribution is -0.123. The Labute approximate surface area is 187 Å². The topological polar surface area (TPSA) is 50.8 Å². The molecular weight excluding hydrogens is 408 g/mol. The summed E-state index contributed by atoms with van der Waals surface area (Å²) in [6.07, 6.45) is 1.03. The standard InChI is InChI=1S/C25H28N2O3S/c1-2-29-22-7-9-23(10-8-22)30-17-25(28)26-15-24(21-12-14-31-18-21)27-13-11-19-5-3-4-6-20(19)16-27/h3-10,12,14,18,24H,2,11,13,15-17H2,1H3,(H,26,28). The lowest BCUT2D eigenvalue weighted by Crippen LogP contribution is -2.41. The summed E-state index contributed by atoms with van der Waals surface area (Å²) in [7, 11) is 0. The Balaban J connectivity index is 1.33. The minimum atomic E-state index is -0.119. The fourth-order valence-corrected chi connectivity index (χ4v) is 4.62. The highest BCUT2D eigenvalue weighted by atomic mass is 32.1. The monoisotopic (exact) mass is 436 g/mol. The molecule has 0 saturated carbocycles. The summed E-state index contributed by atoms with van der Waals surface area (Å²) in [4.78, 5) is 14.9. The van der Waals surface area contributed by atoms with E-state index in [9.17, 15) is 4.79 Å². The number of benzene rings is 2. The lowest BCUT2D eigenvalue weighted by atomic mass is 9.97. The van der Waals surface area contributed by atoms with E-state index in [4.69, 9.17) is 9.47 Å². The van der Waals surface area contributed by atoms with E-state index in [0.29, 0.717) is 18.9 Å². The Bertz CT molecular complexity index is 973. The summed E-state index contributed by atoms with van der Waals surface area (Å²) in [6.45, 7) is 5.00. The van der Waals surface area contributed by atoms with Crippen LogP contribution in [0.5, 0.6) is 11.5 Å². The number of nitrogens with zero attached hydrogens (tertiary/aromatic N) is 1. The van der Waals surface area contributed by atoms with Crippen LogP contribution in [0.15, 0.2) is 65.4 Å². The van der Waals surface area contributed by atoms with Crippen LogP contribution in [0.4, 0.5) is 0 Å². The highest BCUT2D eigenvalue weighted by Crippen LogP contribution is 2.28. The van der Waals surface area contributed by atoms with Gasteiger partial charge in [0, 0.05) is 19.6 Å². The van der Waals surface area contributed by atoms with Crippen LogP contribution >= 0.6 is 11.3 Å². The SMILES string of the molecule is CCOc1ccc(OCC(=O)NCC(c2ccsc2)N2CCc3ccccc3C2)cc1. The van der Waals surface area contributed by atoms with E-state index in [0.717, 1.165) is 25.3 Å². The summed E-state index contributed by atoms with van der Waals surface area (Å²) in [5.74, 6) is 1.33. The van der Waals surface area contributed by atoms with Crippen molar-refractivity contribution < 1.29 is 14.3 Å². The molecule has 0 fully saturated rings. The molecule has 1 atom stereocenters. The molecule has 3 aromatic rings. The molecular formula is C25H28N2O3S. The molecule has 0 bridgehead atoms. The summed E-state index contributed by atoms with van der Waals surface area (Å²) in [6, 6.07) is 18.2. The Morgan fingerprint density at radius 2 is 1.81 bits per heavy atom. The van der Waals surface area contributed by atoms with E-state index in [1.807, 2.05) is 31.2 Å². The number of rotatable bonds is 9. The Morgan fingerprint density at radius 3 is 2.52 bits per heavy atom. The van der Waals surface area contributed by atoms with Crippen LogP contribution in [0.1, 0.15) is 29.7 Å². The molecule has 1 amide bonds. The molecule has 0 spiro atoms. The van der Waals surface area contributed by atoms with Gasteiger partial charge in [0.15, 0.2) is 6.61 Å². The largest absolute Gasteiger partial charge is 0.494 e. The van der Waals surface area contributed by atoms with Gasteiger partial charge < -0.3 is 14.8 Å². The van der Waals surface area contributed by atoms with E-state index >= 15 is 0 Å². The molecule has 2 aromatic carbocycles. The van der Waals surface area contributed by atoms with Gasteiger partial charge in [0.05, 0.1) is 12.6 Å². The molecule has 0 saturated heterocycles. The number of hydrogen-bond donors (Lipinski definition) is 1. The third-order valence-electron chi connectivity index (χ3n) is 5.53. The van der Waals surface area contributed by atoms with E-state index in [1.54, 1.807) is 11.3 Å². The number of thiophene rings is 1. The van der Waals surface area contributed by atoms with Crippen molar-refractivity contribution in [3.05, 3.63) is 82.0 Å². The molecule has 1 aliphatic heterocycles. The molecule has 1 aromatic heterocycles. The average Bonchev–Trinajstić information content (AvgIpc) is 3.33. The van der Waals surface area contributed by atoms with Crippen LogP contribution in [-0.2, 0) is 17.8 Å². The second kappa shape index (κ2) is 10.5. The van der Waals surface area contributed by atoms with Crippen LogP contribution in [-0.4, -0.2) is 37.1 Å². The van der Waals surface area contributed by atoms with Crippen LogP contribution in [0.2, 0.25) is 0 Å². The van der Waals surface area contributed by atoms with Gasteiger partial charge in [0.25, 0.3) is 5.91 Å². The zero-order chi connectivity index (χ0) is 21.5. The number of amides is 1. The van der Waals surface area contributed by atoms with Crippen molar-refractivity contribution in [2.24, 2.45) is 0 Å². The number of carbonyl (C=O) groups excluding carboxylic acids is 1. The summed E-state index contributed by atoms with van der Waals surface area (Å²) >= 11 is 1.69. The predicted molar refractivity (Wildman–Crippen MR) is 124 cm³/mol. The summed E-state index contributed by atoms with van der Waals surface area (Å²) in [5.41, 5.74) is 4.05. The molecule has 31 heavy (non-hydrogen) atoms. The zero-order valence-corrected chi connectivity index (χ0v) is 18.6. The molecule has 2 heterocycles. The minimum Gasteiger partial charge on any atom is -0.494 e.